The molecule has 0 saturated carbocycles. The number of piperidine rings is 1. The molecule has 7 heteroatoms. The lowest BCUT2D eigenvalue weighted by Crippen LogP contribution is -2.53. The molecule has 3 rings (SSSR count). The summed E-state index contributed by atoms with van der Waals surface area (Å²) in [5.41, 5.74) is 0.0650. The van der Waals surface area contributed by atoms with Crippen LogP contribution >= 0.6 is 0 Å². The molecule has 2 aliphatic rings. The van der Waals surface area contributed by atoms with Crippen molar-refractivity contribution in [2.45, 2.75) is 25.0 Å². The van der Waals surface area contributed by atoms with Crippen molar-refractivity contribution in [3.8, 4) is 0 Å². The maximum absolute atomic E-state index is 13.7. The number of carboxylic acid groups (broad SMARTS) is 1. The standard InChI is InChI=1S/C16H18FNO5/c17-12-7-10(1-2-11(12)16(20)21)8-15(19)18-4-3-13-14(9-18)23-6-5-22-13/h1-2,7,13-14H,3-6,8-9H2,(H,20,21)/t13-,14-/m0/s1. The van der Waals surface area contributed by atoms with E-state index >= 15 is 0 Å². The predicted octanol–water partition coefficient (Wildman–Crippen LogP) is 1.08. The molecule has 2 fully saturated rings. The lowest BCUT2D eigenvalue weighted by Gasteiger charge is -2.40. The van der Waals surface area contributed by atoms with Gasteiger partial charge in [0.25, 0.3) is 0 Å². The minimum absolute atomic E-state index is 0.0368. The molecule has 0 spiro atoms. The summed E-state index contributed by atoms with van der Waals surface area (Å²) >= 11 is 0. The van der Waals surface area contributed by atoms with E-state index in [1.54, 1.807) is 4.90 Å². The first kappa shape index (κ1) is 15.9. The Balaban J connectivity index is 1.63. The minimum Gasteiger partial charge on any atom is -0.478 e. The van der Waals surface area contributed by atoms with Gasteiger partial charge in [-0.05, 0) is 24.1 Å². The Kier molecular flexibility index (Phi) is 4.58. The highest BCUT2D eigenvalue weighted by atomic mass is 19.1. The highest BCUT2D eigenvalue weighted by Gasteiger charge is 2.34. The molecular weight excluding hydrogens is 305 g/mol. The van der Waals surface area contributed by atoms with Gasteiger partial charge in [0.15, 0.2) is 0 Å². The smallest absolute Gasteiger partial charge is 0.338 e. The summed E-state index contributed by atoms with van der Waals surface area (Å²) in [6.07, 6.45) is 0.699. The van der Waals surface area contributed by atoms with Crippen LogP contribution in [0.25, 0.3) is 0 Å². The highest BCUT2D eigenvalue weighted by molar-refractivity contribution is 5.88. The van der Waals surface area contributed by atoms with Gasteiger partial charge in [-0.15, -0.1) is 0 Å². The number of nitrogens with zero attached hydrogens (tertiary/aromatic N) is 1. The fourth-order valence-corrected chi connectivity index (χ4v) is 3.00. The molecule has 1 aromatic carbocycles. The number of benzene rings is 1. The van der Waals surface area contributed by atoms with Gasteiger partial charge in [-0.1, -0.05) is 6.07 Å². The molecule has 6 nitrogen and oxygen atoms in total. The largest absolute Gasteiger partial charge is 0.478 e. The molecule has 2 atom stereocenters. The van der Waals surface area contributed by atoms with Crippen LogP contribution in [0.4, 0.5) is 4.39 Å². The molecule has 2 heterocycles. The van der Waals surface area contributed by atoms with E-state index in [9.17, 15) is 14.0 Å². The van der Waals surface area contributed by atoms with E-state index < -0.39 is 17.3 Å². The quantitative estimate of drug-likeness (QED) is 0.901. The van der Waals surface area contributed by atoms with Gasteiger partial charge in [0, 0.05) is 13.1 Å². The summed E-state index contributed by atoms with van der Waals surface area (Å²) < 4.78 is 24.9. The number of halogens is 1. The van der Waals surface area contributed by atoms with Crippen molar-refractivity contribution in [1.29, 1.82) is 0 Å². The number of aromatic carboxylic acids is 1. The second-order valence-electron chi connectivity index (χ2n) is 5.74. The Hall–Kier alpha value is -1.99. The molecule has 2 aliphatic heterocycles. The third-order valence-electron chi connectivity index (χ3n) is 4.22. The van der Waals surface area contributed by atoms with Gasteiger partial charge in [0.2, 0.25) is 5.91 Å². The monoisotopic (exact) mass is 323 g/mol. The number of rotatable bonds is 3. The summed E-state index contributed by atoms with van der Waals surface area (Å²) in [4.78, 5) is 24.9. The van der Waals surface area contributed by atoms with Crippen LogP contribution in [0, 0.1) is 5.82 Å². The van der Waals surface area contributed by atoms with Gasteiger partial charge in [-0.3, -0.25) is 4.79 Å². The van der Waals surface area contributed by atoms with Crippen LogP contribution in [0.5, 0.6) is 0 Å². The lowest BCUT2D eigenvalue weighted by molar-refractivity contribution is -0.171. The van der Waals surface area contributed by atoms with Crippen LogP contribution < -0.4 is 0 Å². The normalized spacial score (nSPS) is 24.1. The van der Waals surface area contributed by atoms with Crippen molar-refractivity contribution in [2.24, 2.45) is 0 Å². The summed E-state index contributed by atoms with van der Waals surface area (Å²) in [6.45, 7) is 2.17. The SMILES string of the molecule is O=C(O)c1ccc(CC(=O)N2CC[C@@H]3OCCO[C@H]3C2)cc1F. The maximum atomic E-state index is 13.7. The van der Waals surface area contributed by atoms with Crippen LogP contribution in [0.3, 0.4) is 0 Å². The number of hydrogen-bond acceptors (Lipinski definition) is 4. The van der Waals surface area contributed by atoms with Crippen molar-refractivity contribution >= 4 is 11.9 Å². The molecule has 1 N–H and O–H groups in total. The molecule has 1 amide bonds. The first-order valence-corrected chi connectivity index (χ1v) is 7.57. The molecule has 0 aliphatic carbocycles. The molecule has 23 heavy (non-hydrogen) atoms. The van der Waals surface area contributed by atoms with Gasteiger partial charge in [-0.2, -0.15) is 0 Å². The van der Waals surface area contributed by atoms with E-state index in [4.69, 9.17) is 14.6 Å². The zero-order chi connectivity index (χ0) is 16.4. The number of amides is 1. The summed E-state index contributed by atoms with van der Waals surface area (Å²) in [5.74, 6) is -2.28. The Morgan fingerprint density at radius 1 is 1.26 bits per heavy atom. The zero-order valence-corrected chi connectivity index (χ0v) is 12.5. The van der Waals surface area contributed by atoms with Gasteiger partial charge in [-0.25, -0.2) is 9.18 Å². The minimum atomic E-state index is -1.32. The Morgan fingerprint density at radius 3 is 2.70 bits per heavy atom. The number of ether oxygens (including phenoxy) is 2. The van der Waals surface area contributed by atoms with Crippen molar-refractivity contribution in [2.75, 3.05) is 26.3 Å². The maximum Gasteiger partial charge on any atom is 0.338 e. The van der Waals surface area contributed by atoms with Crippen LogP contribution in [0.15, 0.2) is 18.2 Å². The lowest BCUT2D eigenvalue weighted by atomic mass is 10.0. The highest BCUT2D eigenvalue weighted by Crippen LogP contribution is 2.21. The van der Waals surface area contributed by atoms with E-state index in [0.717, 1.165) is 12.5 Å². The van der Waals surface area contributed by atoms with Crippen molar-refractivity contribution < 1.29 is 28.6 Å². The first-order chi connectivity index (χ1) is 11.0. The topological polar surface area (TPSA) is 76.1 Å². The van der Waals surface area contributed by atoms with E-state index in [1.807, 2.05) is 0 Å². The molecular formula is C16H18FNO5. The third-order valence-corrected chi connectivity index (χ3v) is 4.22. The Morgan fingerprint density at radius 2 is 2.00 bits per heavy atom. The summed E-state index contributed by atoms with van der Waals surface area (Å²) in [7, 11) is 0. The number of fused-ring (bicyclic) bond motifs is 1. The van der Waals surface area contributed by atoms with E-state index in [-0.39, 0.29) is 24.5 Å². The average Bonchev–Trinajstić information content (AvgIpc) is 2.54. The fraction of sp³-hybridized carbons (Fsp3) is 0.500. The number of carbonyl (C=O) groups is 2. The van der Waals surface area contributed by atoms with Crippen molar-refractivity contribution in [1.82, 2.24) is 4.90 Å². The number of carbonyl (C=O) groups excluding carboxylic acids is 1. The number of carboxylic acids is 1. The molecule has 124 valence electrons. The predicted molar refractivity (Wildman–Crippen MR) is 77.7 cm³/mol. The van der Waals surface area contributed by atoms with Gasteiger partial charge < -0.3 is 19.5 Å². The molecule has 0 aromatic heterocycles. The van der Waals surface area contributed by atoms with Crippen molar-refractivity contribution in [3.63, 3.8) is 0 Å². The number of hydrogen-bond donors (Lipinski definition) is 1. The van der Waals surface area contributed by atoms with Gasteiger partial charge >= 0.3 is 5.97 Å². The van der Waals surface area contributed by atoms with Crippen LogP contribution in [0.2, 0.25) is 0 Å². The third kappa shape index (κ3) is 3.51. The van der Waals surface area contributed by atoms with Gasteiger partial charge in [0.1, 0.15) is 11.9 Å². The Bertz CT molecular complexity index is 620. The van der Waals surface area contributed by atoms with E-state index in [2.05, 4.69) is 0 Å². The molecule has 0 bridgehead atoms. The Labute approximate surface area is 132 Å². The average molecular weight is 323 g/mol. The summed E-state index contributed by atoms with van der Waals surface area (Å²) in [5, 5.41) is 8.81. The van der Waals surface area contributed by atoms with Gasteiger partial charge in [0.05, 0.1) is 31.3 Å². The van der Waals surface area contributed by atoms with E-state index in [1.165, 1.54) is 12.1 Å². The second-order valence-corrected chi connectivity index (χ2v) is 5.74. The van der Waals surface area contributed by atoms with Crippen LogP contribution in [0.1, 0.15) is 22.3 Å². The number of likely N-dealkylation sites (tertiary alicyclic amines) is 1. The summed E-state index contributed by atoms with van der Waals surface area (Å²) in [6, 6.07) is 3.76. The van der Waals surface area contributed by atoms with Crippen LogP contribution in [-0.2, 0) is 20.7 Å². The molecule has 2 saturated heterocycles. The van der Waals surface area contributed by atoms with Crippen molar-refractivity contribution in [3.05, 3.63) is 35.1 Å². The first-order valence-electron chi connectivity index (χ1n) is 7.57. The zero-order valence-electron chi connectivity index (χ0n) is 12.5. The van der Waals surface area contributed by atoms with E-state index in [0.29, 0.717) is 31.9 Å². The van der Waals surface area contributed by atoms with Crippen LogP contribution in [-0.4, -0.2) is 60.4 Å². The second kappa shape index (κ2) is 6.64. The fourth-order valence-electron chi connectivity index (χ4n) is 3.00. The molecule has 0 unspecified atom stereocenters. The molecule has 0 radical (unpaired) electrons. The molecule has 1 aromatic rings.